The molecule has 100 valence electrons. The average molecular weight is 289 g/mol. The van der Waals surface area contributed by atoms with Crippen molar-refractivity contribution in [1.82, 2.24) is 10.2 Å². The molecule has 1 aromatic carbocycles. The van der Waals surface area contributed by atoms with E-state index in [9.17, 15) is 13.6 Å². The summed E-state index contributed by atoms with van der Waals surface area (Å²) in [5.41, 5.74) is -0.287. The predicted octanol–water partition coefficient (Wildman–Crippen LogP) is 2.84. The van der Waals surface area contributed by atoms with Gasteiger partial charge in [0.15, 0.2) is 0 Å². The van der Waals surface area contributed by atoms with E-state index in [-0.39, 0.29) is 23.1 Å². The van der Waals surface area contributed by atoms with Crippen molar-refractivity contribution in [3.05, 3.63) is 34.7 Å². The van der Waals surface area contributed by atoms with Gasteiger partial charge in [0.25, 0.3) is 5.89 Å². The van der Waals surface area contributed by atoms with Crippen LogP contribution in [0.3, 0.4) is 0 Å². The van der Waals surface area contributed by atoms with Gasteiger partial charge in [0, 0.05) is 0 Å². The zero-order chi connectivity index (χ0) is 14.0. The standard InChI is InChI=1S/C11H7ClF2N2O3/c1-2-18-11(17)10-16-15-9(19-10)5-3-8(14)6(12)4-7(5)13/h3-4H,2H2,1H3. The molecule has 0 aliphatic carbocycles. The van der Waals surface area contributed by atoms with Crippen LogP contribution < -0.4 is 0 Å². The lowest BCUT2D eigenvalue weighted by molar-refractivity contribution is 0.0481. The first-order valence-electron chi connectivity index (χ1n) is 5.18. The van der Waals surface area contributed by atoms with Crippen LogP contribution in [0, 0.1) is 11.6 Å². The van der Waals surface area contributed by atoms with E-state index >= 15 is 0 Å². The number of carbonyl (C=O) groups is 1. The van der Waals surface area contributed by atoms with E-state index in [1.807, 2.05) is 0 Å². The molecule has 0 saturated heterocycles. The Morgan fingerprint density at radius 2 is 2.11 bits per heavy atom. The minimum absolute atomic E-state index is 0.125. The lowest BCUT2D eigenvalue weighted by Crippen LogP contribution is -2.04. The molecule has 2 aromatic rings. The first-order valence-corrected chi connectivity index (χ1v) is 5.56. The predicted molar refractivity (Wildman–Crippen MR) is 60.6 cm³/mol. The van der Waals surface area contributed by atoms with Crippen LogP contribution >= 0.6 is 11.6 Å². The monoisotopic (exact) mass is 288 g/mol. The fraction of sp³-hybridized carbons (Fsp3) is 0.182. The van der Waals surface area contributed by atoms with Crippen LogP contribution in [0.1, 0.15) is 17.6 Å². The minimum atomic E-state index is -0.842. The fourth-order valence-electron chi connectivity index (χ4n) is 1.29. The molecule has 0 unspecified atom stereocenters. The maximum atomic E-state index is 13.6. The number of hydrogen-bond acceptors (Lipinski definition) is 5. The van der Waals surface area contributed by atoms with Crippen molar-refractivity contribution in [2.75, 3.05) is 6.61 Å². The molecular weight excluding hydrogens is 282 g/mol. The third-order valence-electron chi connectivity index (χ3n) is 2.12. The van der Waals surface area contributed by atoms with Crippen molar-refractivity contribution in [3.8, 4) is 11.5 Å². The van der Waals surface area contributed by atoms with Crippen LogP contribution in [-0.4, -0.2) is 22.8 Å². The molecule has 0 N–H and O–H groups in total. The van der Waals surface area contributed by atoms with Crippen molar-refractivity contribution in [2.45, 2.75) is 6.92 Å². The van der Waals surface area contributed by atoms with Gasteiger partial charge in [-0.15, -0.1) is 10.2 Å². The van der Waals surface area contributed by atoms with Gasteiger partial charge in [-0.3, -0.25) is 0 Å². The topological polar surface area (TPSA) is 65.2 Å². The molecule has 0 aliphatic heterocycles. The summed E-state index contributed by atoms with van der Waals surface area (Å²) in [6.07, 6.45) is 0. The molecule has 0 saturated carbocycles. The van der Waals surface area contributed by atoms with Crippen LogP contribution in [0.2, 0.25) is 5.02 Å². The Kier molecular flexibility index (Phi) is 3.75. The van der Waals surface area contributed by atoms with Gasteiger partial charge in [0.2, 0.25) is 0 Å². The first-order chi connectivity index (χ1) is 9.02. The van der Waals surface area contributed by atoms with Crippen molar-refractivity contribution in [2.24, 2.45) is 0 Å². The molecule has 0 bridgehead atoms. The second-order valence-corrected chi connectivity index (χ2v) is 3.79. The number of nitrogens with zero attached hydrogens (tertiary/aromatic N) is 2. The van der Waals surface area contributed by atoms with Crippen LogP contribution in [0.5, 0.6) is 0 Å². The third-order valence-corrected chi connectivity index (χ3v) is 2.41. The zero-order valence-electron chi connectivity index (χ0n) is 9.61. The van der Waals surface area contributed by atoms with Crippen LogP contribution in [0.4, 0.5) is 8.78 Å². The Bertz CT molecular complexity index is 630. The number of carbonyl (C=O) groups excluding carboxylic acids is 1. The summed E-state index contributed by atoms with van der Waals surface area (Å²) in [7, 11) is 0. The van der Waals surface area contributed by atoms with Gasteiger partial charge in [0.05, 0.1) is 17.2 Å². The highest BCUT2D eigenvalue weighted by Crippen LogP contribution is 2.26. The Morgan fingerprint density at radius 1 is 1.37 bits per heavy atom. The molecule has 0 fully saturated rings. The largest absolute Gasteiger partial charge is 0.459 e. The van der Waals surface area contributed by atoms with E-state index in [4.69, 9.17) is 16.0 Å². The Labute approximate surface area is 111 Å². The molecule has 0 radical (unpaired) electrons. The summed E-state index contributed by atoms with van der Waals surface area (Å²) < 4.78 is 36.4. The lowest BCUT2D eigenvalue weighted by Gasteiger charge is -1.99. The SMILES string of the molecule is CCOC(=O)c1nnc(-c2cc(F)c(Cl)cc2F)o1. The maximum absolute atomic E-state index is 13.6. The van der Waals surface area contributed by atoms with Gasteiger partial charge in [-0.05, 0) is 19.1 Å². The van der Waals surface area contributed by atoms with Crippen LogP contribution in [0.15, 0.2) is 16.5 Å². The third kappa shape index (κ3) is 2.70. The smallest absolute Gasteiger partial charge is 0.396 e. The molecule has 19 heavy (non-hydrogen) atoms. The molecule has 1 aromatic heterocycles. The molecule has 0 amide bonds. The highest BCUT2D eigenvalue weighted by Gasteiger charge is 2.20. The van der Waals surface area contributed by atoms with E-state index in [1.165, 1.54) is 0 Å². The van der Waals surface area contributed by atoms with E-state index in [1.54, 1.807) is 6.92 Å². The van der Waals surface area contributed by atoms with Gasteiger partial charge < -0.3 is 9.15 Å². The van der Waals surface area contributed by atoms with Crippen molar-refractivity contribution < 1.29 is 22.7 Å². The normalized spacial score (nSPS) is 10.5. The van der Waals surface area contributed by atoms with Crippen LogP contribution in [-0.2, 0) is 4.74 Å². The van der Waals surface area contributed by atoms with Gasteiger partial charge in [-0.2, -0.15) is 0 Å². The van der Waals surface area contributed by atoms with Crippen molar-refractivity contribution in [3.63, 3.8) is 0 Å². The van der Waals surface area contributed by atoms with Gasteiger partial charge in [-0.1, -0.05) is 11.6 Å². The van der Waals surface area contributed by atoms with E-state index in [0.717, 1.165) is 12.1 Å². The number of hydrogen-bond donors (Lipinski definition) is 0. The number of benzene rings is 1. The zero-order valence-corrected chi connectivity index (χ0v) is 10.4. The Balaban J connectivity index is 2.38. The fourth-order valence-corrected chi connectivity index (χ4v) is 1.44. The summed E-state index contributed by atoms with van der Waals surface area (Å²) in [4.78, 5) is 11.3. The second kappa shape index (κ2) is 5.31. The first kappa shape index (κ1) is 13.4. The minimum Gasteiger partial charge on any atom is -0.459 e. The average Bonchev–Trinajstić information content (AvgIpc) is 2.83. The van der Waals surface area contributed by atoms with Crippen LogP contribution in [0.25, 0.3) is 11.5 Å². The highest BCUT2D eigenvalue weighted by atomic mass is 35.5. The van der Waals surface area contributed by atoms with E-state index < -0.39 is 23.5 Å². The molecular formula is C11H7ClF2N2O3. The van der Waals surface area contributed by atoms with E-state index in [0.29, 0.717) is 0 Å². The van der Waals surface area contributed by atoms with Gasteiger partial charge >= 0.3 is 11.9 Å². The summed E-state index contributed by atoms with van der Waals surface area (Å²) >= 11 is 5.41. The molecule has 5 nitrogen and oxygen atoms in total. The number of halogens is 3. The van der Waals surface area contributed by atoms with Crippen molar-refractivity contribution >= 4 is 17.6 Å². The number of esters is 1. The molecule has 8 heteroatoms. The van der Waals surface area contributed by atoms with E-state index in [2.05, 4.69) is 14.9 Å². The summed E-state index contributed by atoms with van der Waals surface area (Å²) in [6.45, 7) is 1.73. The molecule has 0 spiro atoms. The summed E-state index contributed by atoms with van der Waals surface area (Å²) in [5, 5.41) is 6.48. The Hall–Kier alpha value is -2.02. The van der Waals surface area contributed by atoms with Gasteiger partial charge in [-0.25, -0.2) is 13.6 Å². The number of rotatable bonds is 3. The molecule has 0 atom stereocenters. The molecule has 0 aliphatic rings. The highest BCUT2D eigenvalue weighted by molar-refractivity contribution is 6.30. The quantitative estimate of drug-likeness (QED) is 0.642. The number of ether oxygens (including phenoxy) is 1. The van der Waals surface area contributed by atoms with Gasteiger partial charge in [0.1, 0.15) is 11.6 Å². The lowest BCUT2D eigenvalue weighted by atomic mass is 10.2. The Morgan fingerprint density at radius 3 is 2.79 bits per heavy atom. The maximum Gasteiger partial charge on any atom is 0.396 e. The van der Waals surface area contributed by atoms with Crippen molar-refractivity contribution in [1.29, 1.82) is 0 Å². The molecule has 2 rings (SSSR count). The summed E-state index contributed by atoms with van der Waals surface area (Å²) in [6, 6.07) is 1.58. The number of aromatic nitrogens is 2. The molecule has 1 heterocycles. The summed E-state index contributed by atoms with van der Waals surface area (Å²) in [5.74, 6) is -3.29. The second-order valence-electron chi connectivity index (χ2n) is 3.38.